The molecule has 0 aromatic heterocycles. The molecule has 0 amide bonds. The average Bonchev–Trinajstić information content (AvgIpc) is 2.76. The summed E-state index contributed by atoms with van der Waals surface area (Å²) in [6.45, 7) is 6.01. The van der Waals surface area contributed by atoms with Gasteiger partial charge in [-0.25, -0.2) is 0 Å². The lowest BCUT2D eigenvalue weighted by molar-refractivity contribution is 0.293. The molecule has 0 unspecified atom stereocenters. The molecule has 0 saturated carbocycles. The Morgan fingerprint density at radius 1 is 1.00 bits per heavy atom. The van der Waals surface area contributed by atoms with Gasteiger partial charge in [-0.3, -0.25) is 0 Å². The van der Waals surface area contributed by atoms with Gasteiger partial charge >= 0.3 is 0 Å². The van der Waals surface area contributed by atoms with Gasteiger partial charge in [0.15, 0.2) is 11.5 Å². The van der Waals surface area contributed by atoms with Crippen LogP contribution < -0.4 is 9.47 Å². The fourth-order valence-corrected chi connectivity index (χ4v) is 4.18. The van der Waals surface area contributed by atoms with Crippen molar-refractivity contribution in [1.29, 1.82) is 5.26 Å². The lowest BCUT2D eigenvalue weighted by Crippen LogP contribution is -2.32. The third kappa shape index (κ3) is 6.29. The maximum absolute atomic E-state index is 10.1. The van der Waals surface area contributed by atoms with Crippen LogP contribution >= 0.6 is 23.2 Å². The summed E-state index contributed by atoms with van der Waals surface area (Å²) in [5.41, 5.74) is 1.56. The second-order valence-corrected chi connectivity index (χ2v) is 9.03. The molecule has 31 heavy (non-hydrogen) atoms. The first-order chi connectivity index (χ1) is 14.8. The predicted octanol–water partition coefficient (Wildman–Crippen LogP) is 6.38. The highest BCUT2D eigenvalue weighted by molar-refractivity contribution is 6.42. The van der Waals surface area contributed by atoms with Crippen molar-refractivity contribution in [3.8, 4) is 17.6 Å². The first-order valence-corrected chi connectivity index (χ1v) is 11.3. The summed E-state index contributed by atoms with van der Waals surface area (Å²) in [4.78, 5) is 2.30. The minimum absolute atomic E-state index is 0.159. The van der Waals surface area contributed by atoms with Crippen molar-refractivity contribution >= 4 is 23.2 Å². The first-order valence-electron chi connectivity index (χ1n) is 10.5. The quantitative estimate of drug-likeness (QED) is 0.388. The molecular weight excluding hydrogens is 431 g/mol. The monoisotopic (exact) mass is 462 g/mol. The van der Waals surface area contributed by atoms with E-state index < -0.39 is 5.41 Å². The van der Waals surface area contributed by atoms with Gasteiger partial charge in [0.25, 0.3) is 0 Å². The zero-order chi connectivity index (χ0) is 23.0. The van der Waals surface area contributed by atoms with Crippen molar-refractivity contribution < 1.29 is 9.47 Å². The SMILES string of the molecule is COc1ccc(CCN(C)CCC[C@](C#N)(c2ccc(Cl)c(Cl)c2)C(C)C)cc1OC. The normalized spacial score (nSPS) is 13.2. The van der Waals surface area contributed by atoms with E-state index in [0.29, 0.717) is 10.0 Å². The van der Waals surface area contributed by atoms with Crippen LogP contribution in [-0.4, -0.2) is 39.3 Å². The molecule has 0 bridgehead atoms. The van der Waals surface area contributed by atoms with Crippen LogP contribution in [0.5, 0.6) is 11.5 Å². The molecule has 2 rings (SSSR count). The highest BCUT2D eigenvalue weighted by Crippen LogP contribution is 2.39. The second-order valence-electron chi connectivity index (χ2n) is 8.21. The molecule has 0 radical (unpaired) electrons. The number of benzene rings is 2. The van der Waals surface area contributed by atoms with Crippen LogP contribution in [0.25, 0.3) is 0 Å². The van der Waals surface area contributed by atoms with Crippen LogP contribution in [0.15, 0.2) is 36.4 Å². The van der Waals surface area contributed by atoms with Crippen LogP contribution in [0, 0.1) is 17.2 Å². The molecule has 2 aromatic carbocycles. The lowest BCUT2D eigenvalue weighted by Gasteiger charge is -2.32. The minimum Gasteiger partial charge on any atom is -0.493 e. The molecule has 0 saturated heterocycles. The molecule has 0 aliphatic heterocycles. The number of likely N-dealkylation sites (N-methyl/N-ethyl adjacent to an activating group) is 1. The predicted molar refractivity (Wildman–Crippen MR) is 129 cm³/mol. The van der Waals surface area contributed by atoms with Gasteiger partial charge in [0.1, 0.15) is 0 Å². The van der Waals surface area contributed by atoms with Crippen molar-refractivity contribution in [3.63, 3.8) is 0 Å². The van der Waals surface area contributed by atoms with Crippen molar-refractivity contribution in [2.24, 2.45) is 5.92 Å². The van der Waals surface area contributed by atoms with Gasteiger partial charge in [0.2, 0.25) is 0 Å². The number of rotatable bonds is 11. The average molecular weight is 463 g/mol. The summed E-state index contributed by atoms with van der Waals surface area (Å²) in [5, 5.41) is 11.1. The summed E-state index contributed by atoms with van der Waals surface area (Å²) in [5.74, 6) is 1.65. The highest BCUT2D eigenvalue weighted by Gasteiger charge is 2.36. The van der Waals surface area contributed by atoms with Crippen LogP contribution in [0.4, 0.5) is 0 Å². The maximum atomic E-state index is 10.1. The standard InChI is InChI=1S/C25H32Cl2N2O2/c1-18(2)25(17-28,20-8-9-21(26)22(27)16-20)12-6-13-29(3)14-11-19-7-10-23(30-4)24(15-19)31-5/h7-10,15-16,18H,6,11-14H2,1-5H3/t25-/m1/s1. The molecular formula is C25H32Cl2N2O2. The zero-order valence-electron chi connectivity index (χ0n) is 19.0. The Morgan fingerprint density at radius 2 is 1.71 bits per heavy atom. The summed E-state index contributed by atoms with van der Waals surface area (Å²) in [6.07, 6.45) is 2.59. The van der Waals surface area contributed by atoms with Gasteiger partial charge in [-0.1, -0.05) is 49.2 Å². The van der Waals surface area contributed by atoms with Crippen molar-refractivity contribution in [3.05, 3.63) is 57.6 Å². The maximum Gasteiger partial charge on any atom is 0.160 e. The molecule has 0 fully saturated rings. The third-order valence-corrected chi connectivity index (χ3v) is 6.70. The Hall–Kier alpha value is -1.93. The Bertz CT molecular complexity index is 911. The Labute approximate surface area is 196 Å². The van der Waals surface area contributed by atoms with E-state index in [9.17, 15) is 5.26 Å². The summed E-state index contributed by atoms with van der Waals surface area (Å²) in [7, 11) is 5.41. The Kier molecular flexibility index (Phi) is 9.50. The number of hydrogen-bond acceptors (Lipinski definition) is 4. The van der Waals surface area contributed by atoms with Gasteiger partial charge in [-0.15, -0.1) is 0 Å². The number of hydrogen-bond donors (Lipinski definition) is 0. The zero-order valence-corrected chi connectivity index (χ0v) is 20.6. The minimum atomic E-state index is -0.585. The third-order valence-electron chi connectivity index (χ3n) is 5.96. The molecule has 168 valence electrons. The number of nitrogens with zero attached hydrogens (tertiary/aromatic N) is 2. The van der Waals surface area contributed by atoms with Gasteiger partial charge in [0, 0.05) is 6.54 Å². The fourth-order valence-electron chi connectivity index (χ4n) is 3.89. The van der Waals surface area contributed by atoms with Crippen LogP contribution in [-0.2, 0) is 11.8 Å². The van der Waals surface area contributed by atoms with E-state index in [1.807, 2.05) is 24.3 Å². The van der Waals surface area contributed by atoms with Gasteiger partial charge in [-0.05, 0) is 74.2 Å². The molecule has 0 heterocycles. The largest absolute Gasteiger partial charge is 0.493 e. The molecule has 0 aliphatic carbocycles. The molecule has 0 N–H and O–H groups in total. The summed E-state index contributed by atoms with van der Waals surface area (Å²) < 4.78 is 10.7. The smallest absolute Gasteiger partial charge is 0.160 e. The molecule has 0 spiro atoms. The number of ether oxygens (including phenoxy) is 2. The number of methoxy groups -OCH3 is 2. The van der Waals surface area contributed by atoms with Gasteiger partial charge in [-0.2, -0.15) is 5.26 Å². The van der Waals surface area contributed by atoms with E-state index in [-0.39, 0.29) is 5.92 Å². The first kappa shape index (κ1) is 25.3. The van der Waals surface area contributed by atoms with Crippen molar-refractivity contribution in [2.45, 2.75) is 38.5 Å². The fraction of sp³-hybridized carbons (Fsp3) is 0.480. The van der Waals surface area contributed by atoms with E-state index in [2.05, 4.69) is 37.9 Å². The molecule has 6 heteroatoms. The van der Waals surface area contributed by atoms with E-state index >= 15 is 0 Å². The van der Waals surface area contributed by atoms with E-state index in [4.69, 9.17) is 32.7 Å². The number of halogens is 2. The van der Waals surface area contributed by atoms with E-state index in [1.54, 1.807) is 20.3 Å². The second kappa shape index (κ2) is 11.6. The summed E-state index contributed by atoms with van der Waals surface area (Å²) in [6, 6.07) is 14.2. The molecule has 2 aromatic rings. The van der Waals surface area contributed by atoms with Gasteiger partial charge in [0.05, 0.1) is 35.7 Å². The van der Waals surface area contributed by atoms with Crippen LogP contribution in [0.3, 0.4) is 0 Å². The number of nitriles is 1. The highest BCUT2D eigenvalue weighted by atomic mass is 35.5. The van der Waals surface area contributed by atoms with Crippen LogP contribution in [0.2, 0.25) is 10.0 Å². The van der Waals surface area contributed by atoms with Gasteiger partial charge < -0.3 is 14.4 Å². The molecule has 0 aliphatic rings. The molecule has 4 nitrogen and oxygen atoms in total. The Balaban J connectivity index is 1.98. The summed E-state index contributed by atoms with van der Waals surface area (Å²) >= 11 is 12.3. The topological polar surface area (TPSA) is 45.5 Å². The molecule has 1 atom stereocenters. The van der Waals surface area contributed by atoms with Crippen molar-refractivity contribution in [1.82, 2.24) is 4.90 Å². The van der Waals surface area contributed by atoms with Crippen molar-refractivity contribution in [2.75, 3.05) is 34.4 Å². The lowest BCUT2D eigenvalue weighted by atomic mass is 9.70. The van der Waals surface area contributed by atoms with Crippen LogP contribution in [0.1, 0.15) is 37.8 Å². The Morgan fingerprint density at radius 3 is 2.29 bits per heavy atom. The van der Waals surface area contributed by atoms with E-state index in [1.165, 1.54) is 5.56 Å². The van der Waals surface area contributed by atoms with E-state index in [0.717, 1.165) is 49.4 Å².